The van der Waals surface area contributed by atoms with Crippen molar-refractivity contribution in [2.24, 2.45) is 5.73 Å². The Labute approximate surface area is 126 Å². The average Bonchev–Trinajstić information content (AvgIpc) is 2.91. The summed E-state index contributed by atoms with van der Waals surface area (Å²) in [6.07, 6.45) is 2.35. The summed E-state index contributed by atoms with van der Waals surface area (Å²) in [6, 6.07) is 1.59. The zero-order valence-corrected chi connectivity index (χ0v) is 13.8. The maximum Gasteiger partial charge on any atom is 0.245 e. The van der Waals surface area contributed by atoms with Gasteiger partial charge >= 0.3 is 0 Å². The number of nitrogens with zero attached hydrogens (tertiary/aromatic N) is 2. The van der Waals surface area contributed by atoms with Crippen LogP contribution in [0.25, 0.3) is 0 Å². The molecule has 1 aliphatic rings. The Morgan fingerprint density at radius 2 is 2.14 bits per heavy atom. The van der Waals surface area contributed by atoms with Crippen molar-refractivity contribution in [3.05, 3.63) is 18.0 Å². The smallest absolute Gasteiger partial charge is 0.245 e. The van der Waals surface area contributed by atoms with Crippen molar-refractivity contribution in [1.29, 1.82) is 0 Å². The number of rotatable bonds is 5. The summed E-state index contributed by atoms with van der Waals surface area (Å²) in [5, 5.41) is 0. The van der Waals surface area contributed by atoms with Gasteiger partial charge in [0, 0.05) is 37.6 Å². The Morgan fingerprint density at radius 1 is 1.43 bits per heavy atom. The molecule has 21 heavy (non-hydrogen) atoms. The summed E-state index contributed by atoms with van der Waals surface area (Å²) in [5.41, 5.74) is 6.53. The number of sulfonamides is 1. The molecule has 0 aliphatic carbocycles. The molecular formula is C14H25N3O3S. The molecule has 0 aromatic carbocycles. The molecule has 120 valence electrons. The van der Waals surface area contributed by atoms with Crippen LogP contribution in [-0.2, 0) is 27.8 Å². The summed E-state index contributed by atoms with van der Waals surface area (Å²) in [5.74, 6) is 0. The van der Waals surface area contributed by atoms with Crippen LogP contribution in [0.5, 0.6) is 0 Å². The summed E-state index contributed by atoms with van der Waals surface area (Å²) in [7, 11) is -3.50. The molecule has 2 atom stereocenters. The number of aryl methyl sites for hydroxylation is 1. The van der Waals surface area contributed by atoms with E-state index in [0.717, 1.165) is 12.1 Å². The van der Waals surface area contributed by atoms with Gasteiger partial charge in [0.25, 0.3) is 0 Å². The Balaban J connectivity index is 2.37. The molecule has 2 heterocycles. The summed E-state index contributed by atoms with van der Waals surface area (Å²) >= 11 is 0. The zero-order valence-electron chi connectivity index (χ0n) is 12.9. The predicted molar refractivity (Wildman–Crippen MR) is 81.4 cm³/mol. The Kier molecular flexibility index (Phi) is 5.08. The van der Waals surface area contributed by atoms with Gasteiger partial charge in [0.05, 0.1) is 12.7 Å². The Morgan fingerprint density at radius 3 is 2.67 bits per heavy atom. The van der Waals surface area contributed by atoms with Crippen molar-refractivity contribution < 1.29 is 13.2 Å². The van der Waals surface area contributed by atoms with Crippen molar-refractivity contribution in [3.8, 4) is 0 Å². The molecule has 7 heteroatoms. The van der Waals surface area contributed by atoms with Gasteiger partial charge < -0.3 is 15.0 Å². The molecule has 2 unspecified atom stereocenters. The monoisotopic (exact) mass is 315 g/mol. The lowest BCUT2D eigenvalue weighted by atomic mass is 10.2. The molecule has 6 nitrogen and oxygen atoms in total. The number of hydrogen-bond donors (Lipinski definition) is 1. The van der Waals surface area contributed by atoms with Crippen LogP contribution in [0.4, 0.5) is 0 Å². The van der Waals surface area contributed by atoms with Gasteiger partial charge in [-0.15, -0.1) is 0 Å². The second-order valence-corrected chi connectivity index (χ2v) is 7.33. The molecule has 0 bridgehead atoms. The minimum absolute atomic E-state index is 0.0789. The lowest BCUT2D eigenvalue weighted by Crippen LogP contribution is -2.51. The lowest BCUT2D eigenvalue weighted by molar-refractivity contribution is -0.0230. The molecule has 0 spiro atoms. The van der Waals surface area contributed by atoms with E-state index in [0.29, 0.717) is 31.1 Å². The summed E-state index contributed by atoms with van der Waals surface area (Å²) in [6.45, 7) is 7.75. The predicted octanol–water partition coefficient (Wildman–Crippen LogP) is 1.15. The molecule has 1 aromatic heterocycles. The van der Waals surface area contributed by atoms with Crippen LogP contribution in [0.3, 0.4) is 0 Å². The van der Waals surface area contributed by atoms with Gasteiger partial charge in [0.2, 0.25) is 10.0 Å². The van der Waals surface area contributed by atoms with Crippen LogP contribution in [0.1, 0.15) is 32.9 Å². The van der Waals surface area contributed by atoms with Gasteiger partial charge in [-0.25, -0.2) is 8.42 Å². The van der Waals surface area contributed by atoms with Gasteiger partial charge in [0.15, 0.2) is 0 Å². The first-order valence-corrected chi connectivity index (χ1v) is 8.90. The maximum absolute atomic E-state index is 12.9. The SMILES string of the molecule is CCC1COC(C)CN1S(=O)(=O)c1cc(CN)n(CC)c1. The van der Waals surface area contributed by atoms with Crippen molar-refractivity contribution in [3.63, 3.8) is 0 Å². The van der Waals surface area contributed by atoms with E-state index in [1.165, 1.54) is 0 Å². The van der Waals surface area contributed by atoms with Gasteiger partial charge in [-0.1, -0.05) is 6.92 Å². The third kappa shape index (κ3) is 3.15. The van der Waals surface area contributed by atoms with Gasteiger partial charge in [0.1, 0.15) is 4.90 Å². The van der Waals surface area contributed by atoms with E-state index in [1.807, 2.05) is 25.3 Å². The first kappa shape index (κ1) is 16.5. The molecule has 0 radical (unpaired) electrons. The van der Waals surface area contributed by atoms with Crippen molar-refractivity contribution in [2.75, 3.05) is 13.2 Å². The van der Waals surface area contributed by atoms with Crippen LogP contribution in [0.15, 0.2) is 17.2 Å². The number of morpholine rings is 1. The van der Waals surface area contributed by atoms with E-state index in [-0.39, 0.29) is 12.1 Å². The number of aromatic nitrogens is 1. The Hall–Kier alpha value is -0.890. The first-order chi connectivity index (χ1) is 9.93. The van der Waals surface area contributed by atoms with E-state index in [2.05, 4.69) is 0 Å². The molecular weight excluding hydrogens is 290 g/mol. The number of hydrogen-bond acceptors (Lipinski definition) is 4. The topological polar surface area (TPSA) is 77.6 Å². The summed E-state index contributed by atoms with van der Waals surface area (Å²) in [4.78, 5) is 0.331. The fourth-order valence-corrected chi connectivity index (χ4v) is 4.52. The molecule has 0 saturated carbocycles. The van der Waals surface area contributed by atoms with E-state index in [1.54, 1.807) is 16.6 Å². The normalized spacial score (nSPS) is 24.4. The molecule has 0 amide bonds. The standard InChI is InChI=1S/C14H25N3O3S/c1-4-12-10-20-11(3)8-17(12)21(18,19)14-6-13(7-15)16(5-2)9-14/h6,9,11-12H,4-5,7-8,10,15H2,1-3H3. The fourth-order valence-electron chi connectivity index (χ4n) is 2.70. The zero-order chi connectivity index (χ0) is 15.6. The van der Waals surface area contributed by atoms with E-state index >= 15 is 0 Å². The quantitative estimate of drug-likeness (QED) is 0.884. The number of ether oxygens (including phenoxy) is 1. The second-order valence-electron chi connectivity index (χ2n) is 5.44. The fraction of sp³-hybridized carbons (Fsp3) is 0.714. The molecule has 2 N–H and O–H groups in total. The molecule has 1 fully saturated rings. The van der Waals surface area contributed by atoms with E-state index < -0.39 is 10.0 Å². The van der Waals surface area contributed by atoms with E-state index in [4.69, 9.17) is 10.5 Å². The highest BCUT2D eigenvalue weighted by molar-refractivity contribution is 7.89. The average molecular weight is 315 g/mol. The van der Waals surface area contributed by atoms with Crippen molar-refractivity contribution in [2.45, 2.75) is 57.3 Å². The minimum atomic E-state index is -3.50. The third-order valence-electron chi connectivity index (χ3n) is 4.01. The van der Waals surface area contributed by atoms with Crippen LogP contribution < -0.4 is 5.73 Å². The van der Waals surface area contributed by atoms with Crippen LogP contribution in [0, 0.1) is 0 Å². The molecule has 1 aromatic rings. The van der Waals surface area contributed by atoms with Crippen LogP contribution in [0.2, 0.25) is 0 Å². The van der Waals surface area contributed by atoms with Crippen molar-refractivity contribution >= 4 is 10.0 Å². The van der Waals surface area contributed by atoms with Crippen LogP contribution in [-0.4, -0.2) is 42.6 Å². The lowest BCUT2D eigenvalue weighted by Gasteiger charge is -2.36. The maximum atomic E-state index is 12.9. The minimum Gasteiger partial charge on any atom is -0.375 e. The molecule has 1 aliphatic heterocycles. The second kappa shape index (κ2) is 6.48. The van der Waals surface area contributed by atoms with Gasteiger partial charge in [-0.2, -0.15) is 4.31 Å². The summed E-state index contributed by atoms with van der Waals surface area (Å²) < 4.78 is 34.9. The van der Waals surface area contributed by atoms with Gasteiger partial charge in [-0.05, 0) is 26.3 Å². The Bertz CT molecular complexity index is 561. The first-order valence-electron chi connectivity index (χ1n) is 7.46. The molecule has 2 rings (SSSR count). The largest absolute Gasteiger partial charge is 0.375 e. The van der Waals surface area contributed by atoms with Gasteiger partial charge in [-0.3, -0.25) is 0 Å². The van der Waals surface area contributed by atoms with Crippen molar-refractivity contribution in [1.82, 2.24) is 8.87 Å². The highest BCUT2D eigenvalue weighted by Gasteiger charge is 2.36. The number of nitrogens with two attached hydrogens (primary N) is 1. The highest BCUT2D eigenvalue weighted by atomic mass is 32.2. The molecule has 1 saturated heterocycles. The third-order valence-corrected chi connectivity index (χ3v) is 5.89. The van der Waals surface area contributed by atoms with Crippen LogP contribution >= 0.6 is 0 Å². The van der Waals surface area contributed by atoms with E-state index in [9.17, 15) is 8.42 Å². The highest BCUT2D eigenvalue weighted by Crippen LogP contribution is 2.25.